The van der Waals surface area contributed by atoms with Crippen molar-refractivity contribution < 1.29 is 10.2 Å². The van der Waals surface area contributed by atoms with E-state index in [4.69, 9.17) is 5.73 Å². The summed E-state index contributed by atoms with van der Waals surface area (Å²) in [6, 6.07) is 3.10. The van der Waals surface area contributed by atoms with Crippen molar-refractivity contribution in [2.24, 2.45) is 5.73 Å². The number of nitrogens with two attached hydrogens (primary N) is 1. The molecule has 0 spiro atoms. The van der Waals surface area contributed by atoms with Gasteiger partial charge in [0, 0.05) is 0 Å². The van der Waals surface area contributed by atoms with Gasteiger partial charge in [-0.05, 0) is 43.1 Å². The van der Waals surface area contributed by atoms with Crippen molar-refractivity contribution in [3.63, 3.8) is 0 Å². The highest BCUT2D eigenvalue weighted by Gasteiger charge is 2.04. The van der Waals surface area contributed by atoms with E-state index < -0.39 is 0 Å². The summed E-state index contributed by atoms with van der Waals surface area (Å²) in [4.78, 5) is 0. The Morgan fingerprint density at radius 3 is 2.50 bits per heavy atom. The van der Waals surface area contributed by atoms with Crippen molar-refractivity contribution in [2.75, 3.05) is 6.54 Å². The second kappa shape index (κ2) is 3.45. The van der Waals surface area contributed by atoms with Gasteiger partial charge in [-0.1, -0.05) is 0 Å². The minimum atomic E-state index is 0.204. The first-order valence-electron chi connectivity index (χ1n) is 3.86. The monoisotopic (exact) mass is 167 g/mol. The fraction of sp³-hybridized carbons (Fsp3) is 0.333. The molecule has 1 aromatic rings. The molecule has 0 radical (unpaired) electrons. The van der Waals surface area contributed by atoms with Crippen LogP contribution in [0.15, 0.2) is 12.1 Å². The zero-order chi connectivity index (χ0) is 9.14. The number of aryl methyl sites for hydroxylation is 1. The molecular weight excluding hydrogens is 154 g/mol. The largest absolute Gasteiger partial charge is 0.508 e. The van der Waals surface area contributed by atoms with E-state index in [-0.39, 0.29) is 11.5 Å². The van der Waals surface area contributed by atoms with Crippen LogP contribution in [0.3, 0.4) is 0 Å². The average molecular weight is 167 g/mol. The van der Waals surface area contributed by atoms with Crippen LogP contribution in [0.25, 0.3) is 0 Å². The second-order valence-corrected chi connectivity index (χ2v) is 2.81. The van der Waals surface area contributed by atoms with Crippen LogP contribution in [0.2, 0.25) is 0 Å². The number of hydrogen-bond acceptors (Lipinski definition) is 3. The Morgan fingerprint density at radius 2 is 1.92 bits per heavy atom. The normalized spacial score (nSPS) is 10.2. The quantitative estimate of drug-likeness (QED) is 0.573. The maximum absolute atomic E-state index is 9.38. The SMILES string of the molecule is Cc1cc(O)c(CCN)cc1O. The van der Waals surface area contributed by atoms with Gasteiger partial charge in [0.1, 0.15) is 11.5 Å². The van der Waals surface area contributed by atoms with E-state index in [0.29, 0.717) is 24.1 Å². The van der Waals surface area contributed by atoms with Crippen LogP contribution in [-0.4, -0.2) is 16.8 Å². The molecule has 12 heavy (non-hydrogen) atoms. The fourth-order valence-corrected chi connectivity index (χ4v) is 1.08. The third-order valence-electron chi connectivity index (χ3n) is 1.81. The lowest BCUT2D eigenvalue weighted by atomic mass is 10.1. The Hall–Kier alpha value is -1.22. The van der Waals surface area contributed by atoms with Gasteiger partial charge in [0.2, 0.25) is 0 Å². The van der Waals surface area contributed by atoms with E-state index in [0.717, 1.165) is 0 Å². The molecule has 0 aromatic heterocycles. The van der Waals surface area contributed by atoms with Crippen LogP contribution >= 0.6 is 0 Å². The smallest absolute Gasteiger partial charge is 0.119 e. The predicted octanol–water partition coefficient (Wildman–Crippen LogP) is 0.907. The van der Waals surface area contributed by atoms with Gasteiger partial charge < -0.3 is 15.9 Å². The summed E-state index contributed by atoms with van der Waals surface area (Å²) in [5.41, 5.74) is 6.69. The molecule has 0 fully saturated rings. The summed E-state index contributed by atoms with van der Waals surface area (Å²) in [6.45, 7) is 2.21. The number of rotatable bonds is 2. The molecule has 0 aliphatic carbocycles. The van der Waals surface area contributed by atoms with Crippen LogP contribution in [-0.2, 0) is 6.42 Å². The lowest BCUT2D eigenvalue weighted by molar-refractivity contribution is 0.451. The molecule has 3 heteroatoms. The van der Waals surface area contributed by atoms with Crippen molar-refractivity contribution in [2.45, 2.75) is 13.3 Å². The molecule has 1 rings (SSSR count). The molecule has 1 aromatic carbocycles. The first-order chi connectivity index (χ1) is 5.65. The fourth-order valence-electron chi connectivity index (χ4n) is 1.08. The van der Waals surface area contributed by atoms with E-state index in [2.05, 4.69) is 0 Å². The van der Waals surface area contributed by atoms with Crippen LogP contribution in [0.5, 0.6) is 11.5 Å². The van der Waals surface area contributed by atoms with E-state index >= 15 is 0 Å². The van der Waals surface area contributed by atoms with E-state index in [1.54, 1.807) is 19.1 Å². The van der Waals surface area contributed by atoms with Gasteiger partial charge in [0.05, 0.1) is 0 Å². The number of aromatic hydroxyl groups is 2. The van der Waals surface area contributed by atoms with E-state index in [1.165, 1.54) is 0 Å². The van der Waals surface area contributed by atoms with Crippen molar-refractivity contribution in [3.8, 4) is 11.5 Å². The first-order valence-corrected chi connectivity index (χ1v) is 3.86. The second-order valence-electron chi connectivity index (χ2n) is 2.81. The molecule has 0 unspecified atom stereocenters. The molecule has 0 heterocycles. The zero-order valence-electron chi connectivity index (χ0n) is 7.04. The van der Waals surface area contributed by atoms with Gasteiger partial charge in [-0.15, -0.1) is 0 Å². The third kappa shape index (κ3) is 1.68. The molecule has 4 N–H and O–H groups in total. The van der Waals surface area contributed by atoms with Gasteiger partial charge in [-0.2, -0.15) is 0 Å². The number of hydrogen-bond donors (Lipinski definition) is 3. The molecular formula is C9H13NO2. The van der Waals surface area contributed by atoms with E-state index in [9.17, 15) is 10.2 Å². The summed E-state index contributed by atoms with van der Waals surface area (Å²) in [7, 11) is 0. The van der Waals surface area contributed by atoms with Crippen LogP contribution in [0, 0.1) is 6.92 Å². The number of benzene rings is 1. The van der Waals surface area contributed by atoms with Crippen molar-refractivity contribution in [1.29, 1.82) is 0 Å². The maximum atomic E-state index is 9.38. The summed E-state index contributed by atoms with van der Waals surface area (Å²) >= 11 is 0. The number of phenolic OH excluding ortho intramolecular Hbond substituents is 2. The van der Waals surface area contributed by atoms with Gasteiger partial charge in [-0.25, -0.2) is 0 Å². The van der Waals surface area contributed by atoms with Crippen LogP contribution in [0.1, 0.15) is 11.1 Å². The Morgan fingerprint density at radius 1 is 1.25 bits per heavy atom. The Bertz CT molecular complexity index is 284. The lowest BCUT2D eigenvalue weighted by Crippen LogP contribution is -2.02. The highest BCUT2D eigenvalue weighted by atomic mass is 16.3. The van der Waals surface area contributed by atoms with Crippen molar-refractivity contribution in [3.05, 3.63) is 23.3 Å². The Kier molecular flexibility index (Phi) is 2.55. The summed E-state index contributed by atoms with van der Waals surface area (Å²) < 4.78 is 0. The molecule has 0 saturated heterocycles. The molecule has 0 bridgehead atoms. The minimum Gasteiger partial charge on any atom is -0.508 e. The molecule has 0 atom stereocenters. The van der Waals surface area contributed by atoms with Crippen LogP contribution in [0.4, 0.5) is 0 Å². The van der Waals surface area contributed by atoms with Crippen molar-refractivity contribution in [1.82, 2.24) is 0 Å². The number of phenols is 2. The topological polar surface area (TPSA) is 66.5 Å². The molecule has 0 amide bonds. The Balaban J connectivity index is 3.05. The summed E-state index contributed by atoms with van der Waals surface area (Å²) in [6.07, 6.45) is 0.583. The molecule has 0 aliphatic rings. The van der Waals surface area contributed by atoms with Crippen LogP contribution < -0.4 is 5.73 Å². The maximum Gasteiger partial charge on any atom is 0.119 e. The van der Waals surface area contributed by atoms with Gasteiger partial charge in [0.15, 0.2) is 0 Å². The minimum absolute atomic E-state index is 0.204. The predicted molar refractivity (Wildman–Crippen MR) is 47.3 cm³/mol. The Labute approximate surface area is 71.5 Å². The van der Waals surface area contributed by atoms with Gasteiger partial charge in [-0.3, -0.25) is 0 Å². The van der Waals surface area contributed by atoms with Gasteiger partial charge >= 0.3 is 0 Å². The zero-order valence-corrected chi connectivity index (χ0v) is 7.04. The highest BCUT2D eigenvalue weighted by Crippen LogP contribution is 2.26. The van der Waals surface area contributed by atoms with E-state index in [1.807, 2.05) is 0 Å². The molecule has 66 valence electrons. The molecule has 0 aliphatic heterocycles. The third-order valence-corrected chi connectivity index (χ3v) is 1.81. The molecule has 0 saturated carbocycles. The van der Waals surface area contributed by atoms with Crippen molar-refractivity contribution >= 4 is 0 Å². The van der Waals surface area contributed by atoms with Gasteiger partial charge in [0.25, 0.3) is 0 Å². The lowest BCUT2D eigenvalue weighted by Gasteiger charge is -2.05. The standard InChI is InChI=1S/C9H13NO2/c1-6-4-9(12)7(2-3-10)5-8(6)11/h4-5,11-12H,2-3,10H2,1H3. The summed E-state index contributed by atoms with van der Waals surface area (Å²) in [5, 5.41) is 18.7. The highest BCUT2D eigenvalue weighted by molar-refractivity contribution is 5.44. The summed E-state index contributed by atoms with van der Waals surface area (Å²) in [5.74, 6) is 0.409. The molecule has 3 nitrogen and oxygen atoms in total. The average Bonchev–Trinajstić information content (AvgIpc) is 2.01. The first kappa shape index (κ1) is 8.87.